The molecule has 0 radical (unpaired) electrons. The average Bonchev–Trinajstić information content (AvgIpc) is 2.55. The third-order valence-corrected chi connectivity index (χ3v) is 3.78. The van der Waals surface area contributed by atoms with Gasteiger partial charge in [0.2, 0.25) is 5.91 Å². The highest BCUT2D eigenvalue weighted by Crippen LogP contribution is 2.60. The lowest BCUT2D eigenvalue weighted by molar-refractivity contribution is -0.440. The summed E-state index contributed by atoms with van der Waals surface area (Å²) in [7, 11) is 1.12. The van der Waals surface area contributed by atoms with Crippen molar-refractivity contribution in [2.24, 2.45) is 0 Å². The first-order valence-corrected chi connectivity index (χ1v) is 7.45. The molecule has 15 heteroatoms. The van der Waals surface area contributed by atoms with E-state index in [1.807, 2.05) is 0 Å². The fourth-order valence-electron chi connectivity index (χ4n) is 1.92. The largest absolute Gasteiger partial charge is 0.460 e. The normalized spacial score (nSPS) is 14.7. The van der Waals surface area contributed by atoms with Gasteiger partial charge in [-0.1, -0.05) is 6.58 Å². The summed E-state index contributed by atoms with van der Waals surface area (Å²) in [4.78, 5) is 11.9. The first-order valence-electron chi connectivity index (χ1n) is 7.45. The highest BCUT2D eigenvalue weighted by Gasteiger charge is 2.90. The lowest BCUT2D eigenvalue weighted by Crippen LogP contribution is -2.70. The number of hydrogen-bond donors (Lipinski definition) is 0. The second-order valence-corrected chi connectivity index (χ2v) is 5.92. The maximum absolute atomic E-state index is 13.5. The predicted molar refractivity (Wildman–Crippen MR) is 72.5 cm³/mol. The highest BCUT2D eigenvalue weighted by molar-refractivity contribution is 5.86. The summed E-state index contributed by atoms with van der Waals surface area (Å²) in [6, 6.07) is 0. The summed E-state index contributed by atoms with van der Waals surface area (Å²) in [6.45, 7) is 2.68. The van der Waals surface area contributed by atoms with Crippen LogP contribution in [0.4, 0.5) is 57.1 Å². The number of carbonyl (C=O) groups excluding carboxylic acids is 1. The van der Waals surface area contributed by atoms with E-state index in [-0.39, 0.29) is 6.54 Å². The van der Waals surface area contributed by atoms with Crippen LogP contribution in [0.25, 0.3) is 0 Å². The van der Waals surface area contributed by atoms with E-state index < -0.39 is 61.0 Å². The zero-order chi connectivity index (χ0) is 23.7. The number of halogens is 13. The molecule has 0 aromatic rings. The first kappa shape index (κ1) is 27.3. The van der Waals surface area contributed by atoms with Crippen molar-refractivity contribution in [1.82, 2.24) is 4.90 Å². The molecule has 172 valence electrons. The zero-order valence-corrected chi connectivity index (χ0v) is 14.4. The topological polar surface area (TPSA) is 20.3 Å². The number of amides is 1. The van der Waals surface area contributed by atoms with Gasteiger partial charge in [-0.05, 0) is 18.9 Å². The number of unbranched alkanes of at least 4 members (excludes halogenated alkanes) is 1. The fraction of sp³-hybridized carbons (Fsp3) is 0.786. The van der Waals surface area contributed by atoms with Crippen molar-refractivity contribution in [2.75, 3.05) is 13.6 Å². The van der Waals surface area contributed by atoms with Gasteiger partial charge in [0.15, 0.2) is 0 Å². The van der Waals surface area contributed by atoms with E-state index in [9.17, 15) is 61.9 Å². The van der Waals surface area contributed by atoms with Crippen LogP contribution in [0.15, 0.2) is 12.7 Å². The molecule has 29 heavy (non-hydrogen) atoms. The Morgan fingerprint density at radius 1 is 0.759 bits per heavy atom. The Labute approximate surface area is 155 Å². The standard InChI is InChI=1S/C14H14F13NO/c1-3-8(29)28(2)7-5-4-6-9(15,16)10(17,18)11(19,20)12(21,22)13(23,24)14(25,26)27/h3H,1,4-7H2,2H3. The van der Waals surface area contributed by atoms with Crippen LogP contribution in [0, 0.1) is 0 Å². The van der Waals surface area contributed by atoms with E-state index in [1.165, 1.54) is 0 Å². The van der Waals surface area contributed by atoms with Gasteiger partial charge in [0.05, 0.1) is 0 Å². The summed E-state index contributed by atoms with van der Waals surface area (Å²) in [5, 5.41) is 0. The van der Waals surface area contributed by atoms with Crippen molar-refractivity contribution in [3.05, 3.63) is 12.7 Å². The molecule has 0 atom stereocenters. The molecule has 0 rings (SSSR count). The van der Waals surface area contributed by atoms with Crippen LogP contribution in [-0.2, 0) is 4.79 Å². The Morgan fingerprint density at radius 3 is 1.55 bits per heavy atom. The Hall–Kier alpha value is -1.70. The highest BCUT2D eigenvalue weighted by atomic mass is 19.4. The summed E-state index contributed by atoms with van der Waals surface area (Å²) in [5.41, 5.74) is 0. The number of carbonyl (C=O) groups is 1. The van der Waals surface area contributed by atoms with Gasteiger partial charge in [0.25, 0.3) is 0 Å². The van der Waals surface area contributed by atoms with E-state index in [0.29, 0.717) is 0 Å². The average molecular weight is 459 g/mol. The minimum atomic E-state index is -7.89. The van der Waals surface area contributed by atoms with Gasteiger partial charge in [-0.25, -0.2) is 0 Å². The molecule has 2 nitrogen and oxygen atoms in total. The van der Waals surface area contributed by atoms with Crippen LogP contribution in [0.5, 0.6) is 0 Å². The second-order valence-electron chi connectivity index (χ2n) is 5.92. The smallest absolute Gasteiger partial charge is 0.342 e. The third-order valence-electron chi connectivity index (χ3n) is 3.78. The third kappa shape index (κ3) is 4.73. The van der Waals surface area contributed by atoms with Gasteiger partial charge in [0.1, 0.15) is 0 Å². The zero-order valence-electron chi connectivity index (χ0n) is 14.4. The minimum absolute atomic E-state index is 0.384. The van der Waals surface area contributed by atoms with Crippen molar-refractivity contribution in [2.45, 2.75) is 55.1 Å². The summed E-state index contributed by atoms with van der Waals surface area (Å²) >= 11 is 0. The molecule has 0 fully saturated rings. The molecule has 0 spiro atoms. The van der Waals surface area contributed by atoms with Crippen molar-refractivity contribution in [1.29, 1.82) is 0 Å². The molecule has 0 N–H and O–H groups in total. The van der Waals surface area contributed by atoms with Gasteiger partial charge in [-0.15, -0.1) is 0 Å². The first-order chi connectivity index (χ1) is 12.6. The van der Waals surface area contributed by atoms with Gasteiger partial charge in [0, 0.05) is 20.0 Å². The van der Waals surface area contributed by atoms with Crippen molar-refractivity contribution in [3.8, 4) is 0 Å². The summed E-state index contributed by atoms with van der Waals surface area (Å²) in [5.74, 6) is -37.5. The molecule has 0 aliphatic rings. The van der Waals surface area contributed by atoms with E-state index in [1.54, 1.807) is 0 Å². The molecule has 0 bridgehead atoms. The molecule has 1 amide bonds. The molecule has 0 unspecified atom stereocenters. The molecule has 0 aromatic heterocycles. The quantitative estimate of drug-likeness (QED) is 0.239. The van der Waals surface area contributed by atoms with Crippen molar-refractivity contribution in [3.63, 3.8) is 0 Å². The summed E-state index contributed by atoms with van der Waals surface area (Å²) < 4.78 is 167. The predicted octanol–water partition coefficient (Wildman–Crippen LogP) is 5.54. The summed E-state index contributed by atoms with van der Waals surface area (Å²) in [6.07, 6.45) is -10.5. The lowest BCUT2D eigenvalue weighted by Gasteiger charge is -2.39. The molecular formula is C14H14F13NO. The number of likely N-dealkylation sites (N-methyl/N-ethyl adjacent to an activating group) is 1. The van der Waals surface area contributed by atoms with E-state index in [4.69, 9.17) is 0 Å². The molecular weight excluding hydrogens is 445 g/mol. The molecule has 0 saturated heterocycles. The Balaban J connectivity index is 5.55. The minimum Gasteiger partial charge on any atom is -0.342 e. The molecule has 0 saturated carbocycles. The van der Waals surface area contributed by atoms with Gasteiger partial charge >= 0.3 is 35.8 Å². The second kappa shape index (κ2) is 8.20. The van der Waals surface area contributed by atoms with E-state index in [0.717, 1.165) is 18.0 Å². The number of rotatable bonds is 10. The number of nitrogens with zero attached hydrogens (tertiary/aromatic N) is 1. The fourth-order valence-corrected chi connectivity index (χ4v) is 1.92. The van der Waals surface area contributed by atoms with Crippen LogP contribution in [0.2, 0.25) is 0 Å². The van der Waals surface area contributed by atoms with E-state index >= 15 is 0 Å². The van der Waals surface area contributed by atoms with Crippen LogP contribution >= 0.6 is 0 Å². The van der Waals surface area contributed by atoms with Crippen LogP contribution in [0.3, 0.4) is 0 Å². The Kier molecular flexibility index (Phi) is 7.72. The SMILES string of the molecule is C=CC(=O)N(C)CCCCC(F)(F)C(F)(F)C(F)(F)C(F)(F)C(F)(F)C(F)(F)F. The van der Waals surface area contributed by atoms with Gasteiger partial charge < -0.3 is 4.90 Å². The molecule has 0 aliphatic heterocycles. The van der Waals surface area contributed by atoms with Crippen molar-refractivity contribution >= 4 is 5.91 Å². The monoisotopic (exact) mass is 459 g/mol. The number of hydrogen-bond acceptors (Lipinski definition) is 1. The number of alkyl halides is 13. The van der Waals surface area contributed by atoms with Gasteiger partial charge in [-0.3, -0.25) is 4.79 Å². The molecule has 0 heterocycles. The van der Waals surface area contributed by atoms with E-state index in [2.05, 4.69) is 6.58 Å². The Morgan fingerprint density at radius 2 is 1.17 bits per heavy atom. The maximum atomic E-state index is 13.5. The maximum Gasteiger partial charge on any atom is 0.460 e. The molecule has 0 aliphatic carbocycles. The van der Waals surface area contributed by atoms with Crippen LogP contribution < -0.4 is 0 Å². The van der Waals surface area contributed by atoms with Crippen LogP contribution in [-0.4, -0.2) is 60.2 Å². The lowest BCUT2D eigenvalue weighted by atomic mass is 9.91. The van der Waals surface area contributed by atoms with Crippen molar-refractivity contribution < 1.29 is 61.9 Å². The molecule has 0 aromatic carbocycles. The Bertz CT molecular complexity index is 597. The van der Waals surface area contributed by atoms with Crippen LogP contribution in [0.1, 0.15) is 19.3 Å². The van der Waals surface area contributed by atoms with Gasteiger partial charge in [-0.2, -0.15) is 57.1 Å².